The zero-order valence-corrected chi connectivity index (χ0v) is 11.8. The number of hydrogen-bond donors (Lipinski definition) is 2. The Balaban J connectivity index is 2.48. The summed E-state index contributed by atoms with van der Waals surface area (Å²) >= 11 is 0. The van der Waals surface area contributed by atoms with Gasteiger partial charge in [0.1, 0.15) is 11.5 Å². The molecule has 1 rings (SSSR count). The van der Waals surface area contributed by atoms with Gasteiger partial charge >= 0.3 is 0 Å². The highest BCUT2D eigenvalue weighted by Gasteiger charge is 2.07. The molecule has 0 bridgehead atoms. The molecule has 0 spiro atoms. The summed E-state index contributed by atoms with van der Waals surface area (Å²) in [7, 11) is 0. The van der Waals surface area contributed by atoms with Gasteiger partial charge in [0.05, 0.1) is 26.4 Å². The quantitative estimate of drug-likeness (QED) is 0.628. The first-order chi connectivity index (χ1) is 9.65. The van der Waals surface area contributed by atoms with Gasteiger partial charge in [0.25, 0.3) is 0 Å². The monoisotopic (exact) mass is 286 g/mol. The fourth-order valence-corrected chi connectivity index (χ4v) is 1.51. The molecule has 1 aromatic carbocycles. The summed E-state index contributed by atoms with van der Waals surface area (Å²) in [4.78, 5) is 0. The first-order valence-electron chi connectivity index (χ1n) is 6.54. The van der Waals surface area contributed by atoms with E-state index in [1.54, 1.807) is 38.1 Å². The van der Waals surface area contributed by atoms with Crippen LogP contribution in [-0.2, 0) is 9.47 Å². The number of rotatable bonds is 10. The third-order valence-electron chi connectivity index (χ3n) is 2.30. The lowest BCUT2D eigenvalue weighted by atomic mass is 10.3. The molecular formula is C14H22O6. The van der Waals surface area contributed by atoms with Crippen molar-refractivity contribution in [2.45, 2.75) is 26.4 Å². The fraction of sp³-hybridized carbons (Fsp3) is 0.571. The van der Waals surface area contributed by atoms with E-state index in [1.165, 1.54) is 0 Å². The van der Waals surface area contributed by atoms with Crippen LogP contribution in [0.3, 0.4) is 0 Å². The Hall–Kier alpha value is -1.34. The van der Waals surface area contributed by atoms with Crippen molar-refractivity contribution in [1.82, 2.24) is 0 Å². The standard InChI is InChI=1S/C14H22O6/c1-11(17-8-6-15)19-13-4-3-5-14(10-13)20-12(2)18-9-7-16/h3-5,10-12,15-16H,6-9H2,1-2H3. The van der Waals surface area contributed by atoms with E-state index in [-0.39, 0.29) is 26.4 Å². The van der Waals surface area contributed by atoms with Crippen molar-refractivity contribution in [1.29, 1.82) is 0 Å². The Morgan fingerprint density at radius 3 is 1.75 bits per heavy atom. The number of ether oxygens (including phenoxy) is 4. The van der Waals surface area contributed by atoms with Gasteiger partial charge in [-0.1, -0.05) is 6.07 Å². The van der Waals surface area contributed by atoms with Gasteiger partial charge in [-0.15, -0.1) is 0 Å². The highest BCUT2D eigenvalue weighted by molar-refractivity contribution is 5.33. The van der Waals surface area contributed by atoms with Crippen LogP contribution in [0.15, 0.2) is 24.3 Å². The molecule has 6 nitrogen and oxygen atoms in total. The molecule has 2 atom stereocenters. The second-order valence-corrected chi connectivity index (χ2v) is 4.03. The van der Waals surface area contributed by atoms with Gasteiger partial charge < -0.3 is 29.2 Å². The molecular weight excluding hydrogens is 264 g/mol. The van der Waals surface area contributed by atoms with Gasteiger partial charge in [-0.3, -0.25) is 0 Å². The number of aliphatic hydroxyl groups is 2. The predicted octanol–water partition coefficient (Wildman–Crippen LogP) is 1.15. The van der Waals surface area contributed by atoms with Crippen LogP contribution in [0, 0.1) is 0 Å². The number of hydrogen-bond acceptors (Lipinski definition) is 6. The molecule has 0 aliphatic carbocycles. The van der Waals surface area contributed by atoms with Crippen molar-refractivity contribution in [2.24, 2.45) is 0 Å². The molecule has 0 saturated heterocycles. The van der Waals surface area contributed by atoms with Crippen molar-refractivity contribution in [3.05, 3.63) is 24.3 Å². The molecule has 0 aliphatic heterocycles. The summed E-state index contributed by atoms with van der Waals surface area (Å²) < 4.78 is 21.5. The van der Waals surface area contributed by atoms with E-state index >= 15 is 0 Å². The Kier molecular flexibility index (Phi) is 7.98. The lowest BCUT2D eigenvalue weighted by Crippen LogP contribution is -2.19. The third kappa shape index (κ3) is 6.72. The Morgan fingerprint density at radius 1 is 0.900 bits per heavy atom. The van der Waals surface area contributed by atoms with Crippen LogP contribution >= 0.6 is 0 Å². The highest BCUT2D eigenvalue weighted by atomic mass is 16.7. The number of benzene rings is 1. The summed E-state index contributed by atoms with van der Waals surface area (Å²) in [5.41, 5.74) is 0. The van der Waals surface area contributed by atoms with Crippen molar-refractivity contribution in [3.63, 3.8) is 0 Å². The molecule has 2 N–H and O–H groups in total. The smallest absolute Gasteiger partial charge is 0.197 e. The van der Waals surface area contributed by atoms with Gasteiger partial charge in [0, 0.05) is 6.07 Å². The van der Waals surface area contributed by atoms with Gasteiger partial charge in [0.2, 0.25) is 0 Å². The summed E-state index contributed by atoms with van der Waals surface area (Å²) in [6.45, 7) is 3.85. The number of aliphatic hydroxyl groups excluding tert-OH is 2. The summed E-state index contributed by atoms with van der Waals surface area (Å²) in [5, 5.41) is 17.3. The summed E-state index contributed by atoms with van der Waals surface area (Å²) in [6, 6.07) is 7.08. The molecule has 0 radical (unpaired) electrons. The molecule has 1 aromatic rings. The van der Waals surface area contributed by atoms with Crippen LogP contribution in [0.25, 0.3) is 0 Å². The molecule has 114 valence electrons. The van der Waals surface area contributed by atoms with E-state index in [1.807, 2.05) is 0 Å². The van der Waals surface area contributed by atoms with Gasteiger partial charge in [-0.05, 0) is 26.0 Å². The summed E-state index contributed by atoms with van der Waals surface area (Å²) in [6.07, 6.45) is -0.916. The Bertz CT molecular complexity index is 339. The topological polar surface area (TPSA) is 77.4 Å². The minimum atomic E-state index is -0.458. The van der Waals surface area contributed by atoms with E-state index in [0.29, 0.717) is 11.5 Å². The van der Waals surface area contributed by atoms with Crippen LogP contribution < -0.4 is 9.47 Å². The average molecular weight is 286 g/mol. The molecule has 0 fully saturated rings. The van der Waals surface area contributed by atoms with Crippen LogP contribution in [0.2, 0.25) is 0 Å². The van der Waals surface area contributed by atoms with Gasteiger partial charge in [0.15, 0.2) is 12.6 Å². The van der Waals surface area contributed by atoms with Crippen molar-refractivity contribution < 1.29 is 29.2 Å². The normalized spacial score (nSPS) is 13.8. The van der Waals surface area contributed by atoms with Crippen LogP contribution in [-0.4, -0.2) is 49.2 Å². The molecule has 0 amide bonds. The fourth-order valence-electron chi connectivity index (χ4n) is 1.51. The van der Waals surface area contributed by atoms with E-state index < -0.39 is 12.6 Å². The molecule has 0 aliphatic rings. The van der Waals surface area contributed by atoms with Crippen LogP contribution in [0.5, 0.6) is 11.5 Å². The zero-order chi connectivity index (χ0) is 14.8. The van der Waals surface area contributed by atoms with Crippen molar-refractivity contribution in [3.8, 4) is 11.5 Å². The van der Waals surface area contributed by atoms with E-state index in [9.17, 15) is 0 Å². The van der Waals surface area contributed by atoms with Gasteiger partial charge in [-0.2, -0.15) is 0 Å². The maximum absolute atomic E-state index is 8.66. The van der Waals surface area contributed by atoms with Crippen molar-refractivity contribution in [2.75, 3.05) is 26.4 Å². The second-order valence-electron chi connectivity index (χ2n) is 4.03. The Labute approximate surface area is 118 Å². The maximum Gasteiger partial charge on any atom is 0.197 e. The SMILES string of the molecule is CC(OCCO)Oc1cccc(OC(C)OCCO)c1. The van der Waals surface area contributed by atoms with Crippen molar-refractivity contribution >= 4 is 0 Å². The highest BCUT2D eigenvalue weighted by Crippen LogP contribution is 2.21. The summed E-state index contributed by atoms with van der Waals surface area (Å²) in [5.74, 6) is 1.20. The van der Waals surface area contributed by atoms with Crippen LogP contribution in [0.1, 0.15) is 13.8 Å². The van der Waals surface area contributed by atoms with Gasteiger partial charge in [-0.25, -0.2) is 0 Å². The lowest BCUT2D eigenvalue weighted by molar-refractivity contribution is -0.0794. The predicted molar refractivity (Wildman–Crippen MR) is 72.7 cm³/mol. The van der Waals surface area contributed by atoms with Crippen LogP contribution in [0.4, 0.5) is 0 Å². The third-order valence-corrected chi connectivity index (χ3v) is 2.30. The molecule has 6 heteroatoms. The Morgan fingerprint density at radius 2 is 1.35 bits per heavy atom. The minimum Gasteiger partial charge on any atom is -0.465 e. The molecule has 20 heavy (non-hydrogen) atoms. The second kappa shape index (κ2) is 9.55. The zero-order valence-electron chi connectivity index (χ0n) is 11.8. The lowest BCUT2D eigenvalue weighted by Gasteiger charge is -2.17. The first-order valence-corrected chi connectivity index (χ1v) is 6.54. The maximum atomic E-state index is 8.66. The molecule has 0 saturated carbocycles. The molecule has 2 unspecified atom stereocenters. The van der Waals surface area contributed by atoms with E-state index in [0.717, 1.165) is 0 Å². The molecule has 0 heterocycles. The largest absolute Gasteiger partial charge is 0.465 e. The first kappa shape index (κ1) is 16.7. The minimum absolute atomic E-state index is 0.0451. The molecule has 0 aromatic heterocycles. The van der Waals surface area contributed by atoms with E-state index in [4.69, 9.17) is 29.2 Å². The average Bonchev–Trinajstić information content (AvgIpc) is 2.43. The van der Waals surface area contributed by atoms with E-state index in [2.05, 4.69) is 0 Å².